The molecule has 22 heavy (non-hydrogen) atoms. The first kappa shape index (κ1) is 17.0. The maximum atomic E-state index is 12.4. The molecule has 0 radical (unpaired) electrons. The van der Waals surface area contributed by atoms with E-state index in [4.69, 9.17) is 0 Å². The van der Waals surface area contributed by atoms with Crippen LogP contribution in [0, 0.1) is 11.8 Å². The molecule has 1 aliphatic carbocycles. The Labute approximate surface area is 136 Å². The van der Waals surface area contributed by atoms with E-state index < -0.39 is 0 Å². The van der Waals surface area contributed by atoms with E-state index in [1.807, 2.05) is 5.38 Å². The molecule has 1 aromatic rings. The van der Waals surface area contributed by atoms with Crippen molar-refractivity contribution in [1.29, 1.82) is 0 Å². The number of hydrogen-bond donors (Lipinski definition) is 2. The lowest BCUT2D eigenvalue weighted by molar-refractivity contribution is -0.121. The molecule has 0 spiro atoms. The molecule has 1 heterocycles. The third-order valence-corrected chi connectivity index (χ3v) is 5.39. The summed E-state index contributed by atoms with van der Waals surface area (Å²) in [5, 5.41) is 8.05. The first-order valence-corrected chi connectivity index (χ1v) is 9.14. The second kappa shape index (κ2) is 8.32. The first-order chi connectivity index (χ1) is 10.7. The molecule has 4 nitrogen and oxygen atoms in total. The Morgan fingerprint density at radius 1 is 1.27 bits per heavy atom. The standard InChI is InChI=1S/C17H26N2O2S/c1-3-4-5-12-6-8-13(9-7-12)15(20)19-17-14(10-11-22-17)16(21)18-2/h10-13H,3-9H2,1-2H3,(H,18,21)(H,19,20). The van der Waals surface area contributed by atoms with Crippen LogP contribution in [0.3, 0.4) is 0 Å². The molecular weight excluding hydrogens is 296 g/mol. The van der Waals surface area contributed by atoms with Crippen LogP contribution in [-0.2, 0) is 4.79 Å². The van der Waals surface area contributed by atoms with E-state index in [2.05, 4.69) is 17.6 Å². The smallest absolute Gasteiger partial charge is 0.254 e. The second-order valence-corrected chi connectivity index (χ2v) is 7.01. The van der Waals surface area contributed by atoms with Gasteiger partial charge in [-0.05, 0) is 43.0 Å². The van der Waals surface area contributed by atoms with Crippen molar-refractivity contribution in [2.24, 2.45) is 11.8 Å². The summed E-state index contributed by atoms with van der Waals surface area (Å²) in [4.78, 5) is 24.2. The minimum Gasteiger partial charge on any atom is -0.355 e. The average Bonchev–Trinajstić information content (AvgIpc) is 3.00. The molecule has 0 unspecified atom stereocenters. The Balaban J connectivity index is 1.86. The molecule has 1 aliphatic rings. The predicted octanol–water partition coefficient (Wildman–Crippen LogP) is 4.04. The summed E-state index contributed by atoms with van der Waals surface area (Å²) >= 11 is 1.40. The maximum absolute atomic E-state index is 12.4. The highest BCUT2D eigenvalue weighted by Gasteiger charge is 2.27. The van der Waals surface area contributed by atoms with E-state index in [1.165, 1.54) is 30.6 Å². The van der Waals surface area contributed by atoms with Gasteiger partial charge in [-0.3, -0.25) is 9.59 Å². The molecule has 0 bridgehead atoms. The third-order valence-electron chi connectivity index (χ3n) is 4.56. The molecule has 1 fully saturated rings. The largest absolute Gasteiger partial charge is 0.355 e. The highest BCUT2D eigenvalue weighted by atomic mass is 32.1. The number of thiophene rings is 1. The Hall–Kier alpha value is -1.36. The molecule has 1 aromatic heterocycles. The van der Waals surface area contributed by atoms with Gasteiger partial charge in [-0.1, -0.05) is 26.2 Å². The van der Waals surface area contributed by atoms with Gasteiger partial charge in [-0.2, -0.15) is 0 Å². The van der Waals surface area contributed by atoms with Crippen molar-refractivity contribution in [2.45, 2.75) is 51.9 Å². The zero-order chi connectivity index (χ0) is 15.9. The molecule has 0 saturated heterocycles. The van der Waals surface area contributed by atoms with E-state index in [0.717, 1.165) is 31.6 Å². The van der Waals surface area contributed by atoms with Crippen molar-refractivity contribution >= 4 is 28.2 Å². The van der Waals surface area contributed by atoms with Crippen molar-refractivity contribution in [2.75, 3.05) is 12.4 Å². The Kier molecular flexibility index (Phi) is 6.43. The molecule has 2 N–H and O–H groups in total. The van der Waals surface area contributed by atoms with Gasteiger partial charge in [0.25, 0.3) is 5.91 Å². The molecule has 0 aliphatic heterocycles. The van der Waals surface area contributed by atoms with Crippen molar-refractivity contribution < 1.29 is 9.59 Å². The number of nitrogens with one attached hydrogen (secondary N) is 2. The van der Waals surface area contributed by atoms with Gasteiger partial charge in [0.15, 0.2) is 0 Å². The van der Waals surface area contributed by atoms with E-state index in [0.29, 0.717) is 10.6 Å². The molecule has 0 atom stereocenters. The Morgan fingerprint density at radius 3 is 2.64 bits per heavy atom. The zero-order valence-electron chi connectivity index (χ0n) is 13.5. The fraction of sp³-hybridized carbons (Fsp3) is 0.647. The van der Waals surface area contributed by atoms with Crippen LogP contribution >= 0.6 is 11.3 Å². The van der Waals surface area contributed by atoms with Gasteiger partial charge in [0.2, 0.25) is 5.91 Å². The molecule has 5 heteroatoms. The number of unbranched alkanes of at least 4 members (excludes halogenated alkanes) is 1. The van der Waals surface area contributed by atoms with Gasteiger partial charge in [0, 0.05) is 13.0 Å². The van der Waals surface area contributed by atoms with Gasteiger partial charge in [0.05, 0.1) is 5.56 Å². The van der Waals surface area contributed by atoms with Crippen LogP contribution in [0.4, 0.5) is 5.00 Å². The monoisotopic (exact) mass is 322 g/mol. The number of carbonyl (C=O) groups excluding carboxylic acids is 2. The van der Waals surface area contributed by atoms with Crippen LogP contribution in [0.1, 0.15) is 62.2 Å². The summed E-state index contributed by atoms with van der Waals surface area (Å²) in [6.45, 7) is 2.23. The van der Waals surface area contributed by atoms with E-state index in [-0.39, 0.29) is 17.7 Å². The van der Waals surface area contributed by atoms with Gasteiger partial charge >= 0.3 is 0 Å². The predicted molar refractivity (Wildman–Crippen MR) is 91.3 cm³/mol. The van der Waals surface area contributed by atoms with Crippen LogP contribution < -0.4 is 10.6 Å². The second-order valence-electron chi connectivity index (χ2n) is 6.09. The number of carbonyl (C=O) groups is 2. The van der Waals surface area contributed by atoms with E-state index in [9.17, 15) is 9.59 Å². The Morgan fingerprint density at radius 2 is 2.00 bits per heavy atom. The zero-order valence-corrected chi connectivity index (χ0v) is 14.3. The number of amides is 2. The lowest BCUT2D eigenvalue weighted by Gasteiger charge is -2.27. The lowest BCUT2D eigenvalue weighted by atomic mass is 9.79. The summed E-state index contributed by atoms with van der Waals surface area (Å²) in [7, 11) is 1.60. The van der Waals surface area contributed by atoms with Crippen LogP contribution in [0.15, 0.2) is 11.4 Å². The lowest BCUT2D eigenvalue weighted by Crippen LogP contribution is -2.28. The van der Waals surface area contributed by atoms with Crippen molar-refractivity contribution in [3.05, 3.63) is 17.0 Å². The molecular formula is C17H26N2O2S. The fourth-order valence-electron chi connectivity index (χ4n) is 3.14. The number of rotatable bonds is 6. The third kappa shape index (κ3) is 4.32. The summed E-state index contributed by atoms with van der Waals surface area (Å²) < 4.78 is 0. The first-order valence-electron chi connectivity index (χ1n) is 8.26. The van der Waals surface area contributed by atoms with E-state index in [1.54, 1.807) is 13.1 Å². The topological polar surface area (TPSA) is 58.2 Å². The normalized spacial score (nSPS) is 21.4. The van der Waals surface area contributed by atoms with Gasteiger partial charge in [-0.25, -0.2) is 0 Å². The van der Waals surface area contributed by atoms with Crippen LogP contribution in [0.25, 0.3) is 0 Å². The Bertz CT molecular complexity index is 505. The van der Waals surface area contributed by atoms with Crippen LogP contribution in [0.2, 0.25) is 0 Å². The average molecular weight is 322 g/mol. The number of anilines is 1. The highest BCUT2D eigenvalue weighted by molar-refractivity contribution is 7.14. The van der Waals surface area contributed by atoms with Gasteiger partial charge in [-0.15, -0.1) is 11.3 Å². The molecule has 2 amide bonds. The van der Waals surface area contributed by atoms with Crippen LogP contribution in [-0.4, -0.2) is 18.9 Å². The van der Waals surface area contributed by atoms with Gasteiger partial charge < -0.3 is 10.6 Å². The van der Waals surface area contributed by atoms with Crippen molar-refractivity contribution in [3.63, 3.8) is 0 Å². The summed E-state index contributed by atoms with van der Waals surface area (Å²) in [5.74, 6) is 0.811. The SMILES string of the molecule is CCCCC1CCC(C(=O)Nc2sccc2C(=O)NC)CC1. The summed E-state index contributed by atoms with van der Waals surface area (Å²) in [6, 6.07) is 1.75. The minimum atomic E-state index is -0.153. The molecule has 2 rings (SSSR count). The molecule has 1 saturated carbocycles. The highest BCUT2D eigenvalue weighted by Crippen LogP contribution is 2.33. The maximum Gasteiger partial charge on any atom is 0.254 e. The minimum absolute atomic E-state index is 0.0709. The van der Waals surface area contributed by atoms with E-state index >= 15 is 0 Å². The quantitative estimate of drug-likeness (QED) is 0.830. The summed E-state index contributed by atoms with van der Waals surface area (Å²) in [6.07, 6.45) is 8.11. The molecule has 122 valence electrons. The number of hydrogen-bond acceptors (Lipinski definition) is 3. The fourth-order valence-corrected chi connectivity index (χ4v) is 3.93. The summed E-state index contributed by atoms with van der Waals surface area (Å²) in [5.41, 5.74) is 0.553. The molecule has 0 aromatic carbocycles. The van der Waals surface area contributed by atoms with Crippen molar-refractivity contribution in [3.8, 4) is 0 Å². The van der Waals surface area contributed by atoms with Crippen molar-refractivity contribution in [1.82, 2.24) is 5.32 Å². The van der Waals surface area contributed by atoms with Crippen LogP contribution in [0.5, 0.6) is 0 Å². The van der Waals surface area contributed by atoms with Gasteiger partial charge in [0.1, 0.15) is 5.00 Å².